The molecule has 0 atom stereocenters. The molecule has 1 aromatic heterocycles. The molecule has 0 saturated carbocycles. The Morgan fingerprint density at radius 1 is 0.909 bits per heavy atom. The molecule has 4 aromatic rings. The highest BCUT2D eigenvalue weighted by molar-refractivity contribution is 6.31. The van der Waals surface area contributed by atoms with Crippen molar-refractivity contribution in [2.45, 2.75) is 25.8 Å². The van der Waals surface area contributed by atoms with E-state index in [-0.39, 0.29) is 24.3 Å². The third-order valence-electron chi connectivity index (χ3n) is 5.44. The first-order valence-electron chi connectivity index (χ1n) is 10.7. The van der Waals surface area contributed by atoms with E-state index in [1.165, 1.54) is 0 Å². The Hall–Kier alpha value is -3.15. The quantitative estimate of drug-likeness (QED) is 0.384. The summed E-state index contributed by atoms with van der Waals surface area (Å²) in [6.45, 7) is 0.851. The van der Waals surface area contributed by atoms with Crippen LogP contribution >= 0.6 is 23.2 Å². The van der Waals surface area contributed by atoms with E-state index in [0.717, 1.165) is 16.6 Å². The average Bonchev–Trinajstić information content (AvgIpc) is 2.82. The van der Waals surface area contributed by atoms with E-state index in [2.05, 4.69) is 10.3 Å². The highest BCUT2D eigenvalue weighted by Crippen LogP contribution is 2.18. The van der Waals surface area contributed by atoms with Crippen LogP contribution in [0.3, 0.4) is 0 Å². The molecule has 7 heteroatoms. The molecule has 4 rings (SSSR count). The topological polar surface area (TPSA) is 64.0 Å². The van der Waals surface area contributed by atoms with E-state index < -0.39 is 0 Å². The van der Waals surface area contributed by atoms with Crippen LogP contribution in [0.5, 0.6) is 0 Å². The van der Waals surface area contributed by atoms with Gasteiger partial charge in [-0.05, 0) is 47.9 Å². The number of amides is 1. The van der Waals surface area contributed by atoms with E-state index in [4.69, 9.17) is 23.2 Å². The number of nitrogens with zero attached hydrogens (tertiary/aromatic N) is 2. The Morgan fingerprint density at radius 3 is 2.42 bits per heavy atom. The monoisotopic (exact) mass is 479 g/mol. The van der Waals surface area contributed by atoms with Gasteiger partial charge in [-0.1, -0.05) is 65.7 Å². The van der Waals surface area contributed by atoms with Crippen molar-refractivity contribution in [2.24, 2.45) is 0 Å². The zero-order valence-electron chi connectivity index (χ0n) is 17.9. The maximum atomic E-state index is 13.3. The molecule has 168 valence electrons. The predicted molar refractivity (Wildman–Crippen MR) is 133 cm³/mol. The Bertz CT molecular complexity index is 1330. The van der Waals surface area contributed by atoms with Crippen LogP contribution in [0.2, 0.25) is 10.0 Å². The molecule has 0 aliphatic carbocycles. The number of benzene rings is 3. The van der Waals surface area contributed by atoms with Crippen LogP contribution in [-0.2, 0) is 24.2 Å². The minimum absolute atomic E-state index is 0.115. The highest BCUT2D eigenvalue weighted by atomic mass is 35.5. The Labute approximate surface area is 202 Å². The van der Waals surface area contributed by atoms with Crippen molar-refractivity contribution in [3.63, 3.8) is 0 Å². The summed E-state index contributed by atoms with van der Waals surface area (Å²) in [6.07, 6.45) is 1.16. The molecule has 0 aliphatic heterocycles. The van der Waals surface area contributed by atoms with Gasteiger partial charge in [0.1, 0.15) is 5.69 Å². The molecule has 0 bridgehead atoms. The molecule has 3 aromatic carbocycles. The van der Waals surface area contributed by atoms with Crippen molar-refractivity contribution in [2.75, 3.05) is 6.54 Å². The van der Waals surface area contributed by atoms with Crippen LogP contribution in [0.4, 0.5) is 0 Å². The summed E-state index contributed by atoms with van der Waals surface area (Å²) >= 11 is 12.2. The third-order valence-corrected chi connectivity index (χ3v) is 6.06. The lowest BCUT2D eigenvalue weighted by Gasteiger charge is -2.13. The van der Waals surface area contributed by atoms with Crippen molar-refractivity contribution in [1.82, 2.24) is 14.9 Å². The summed E-state index contributed by atoms with van der Waals surface area (Å²) in [4.78, 5) is 30.2. The summed E-state index contributed by atoms with van der Waals surface area (Å²) in [5, 5.41) is 4.20. The van der Waals surface area contributed by atoms with E-state index in [1.807, 2.05) is 66.7 Å². The highest BCUT2D eigenvalue weighted by Gasteiger charge is 2.14. The number of hydrogen-bond donors (Lipinski definition) is 1. The molecule has 0 saturated heterocycles. The van der Waals surface area contributed by atoms with Gasteiger partial charge in [-0.2, -0.15) is 0 Å². The molecule has 0 radical (unpaired) electrons. The van der Waals surface area contributed by atoms with E-state index in [9.17, 15) is 9.59 Å². The van der Waals surface area contributed by atoms with Crippen molar-refractivity contribution < 1.29 is 4.79 Å². The molecule has 1 amide bonds. The minimum Gasteiger partial charge on any atom is -0.356 e. The van der Waals surface area contributed by atoms with Crippen LogP contribution in [-0.4, -0.2) is 22.0 Å². The zero-order chi connectivity index (χ0) is 23.2. The number of fused-ring (bicyclic) bond motifs is 1. The summed E-state index contributed by atoms with van der Waals surface area (Å²) < 4.78 is 1.68. The average molecular weight is 480 g/mol. The van der Waals surface area contributed by atoms with Crippen LogP contribution in [0.1, 0.15) is 23.2 Å². The number of carbonyl (C=O) groups is 1. The number of carbonyl (C=O) groups excluding carboxylic acids is 1. The second-order valence-electron chi connectivity index (χ2n) is 7.76. The largest absolute Gasteiger partial charge is 0.356 e. The molecule has 0 aliphatic rings. The zero-order valence-corrected chi connectivity index (χ0v) is 19.4. The number of aryl methyl sites for hydroxylation is 1. The van der Waals surface area contributed by atoms with Gasteiger partial charge in [0.25, 0.3) is 5.56 Å². The number of nitrogens with one attached hydrogen (secondary N) is 1. The van der Waals surface area contributed by atoms with Crippen molar-refractivity contribution in [3.8, 4) is 0 Å². The van der Waals surface area contributed by atoms with Crippen molar-refractivity contribution >= 4 is 40.1 Å². The molecule has 0 spiro atoms. The number of rotatable bonds is 8. The van der Waals surface area contributed by atoms with Gasteiger partial charge in [-0.15, -0.1) is 0 Å². The fourth-order valence-electron chi connectivity index (χ4n) is 3.68. The van der Waals surface area contributed by atoms with Gasteiger partial charge < -0.3 is 9.88 Å². The molecule has 0 fully saturated rings. The molecule has 0 unspecified atom stereocenters. The SMILES string of the molecule is O=C(CCc1nc2ccccc2n(Cc2ccccc2Cl)c1=O)NCCc1ccc(Cl)cc1. The lowest BCUT2D eigenvalue weighted by molar-refractivity contribution is -0.121. The van der Waals surface area contributed by atoms with Gasteiger partial charge in [-0.25, -0.2) is 4.98 Å². The van der Waals surface area contributed by atoms with Gasteiger partial charge in [0, 0.05) is 29.4 Å². The smallest absolute Gasteiger partial charge is 0.273 e. The summed E-state index contributed by atoms with van der Waals surface area (Å²) in [7, 11) is 0. The van der Waals surface area contributed by atoms with Crippen molar-refractivity contribution in [1.29, 1.82) is 0 Å². The van der Waals surface area contributed by atoms with Gasteiger partial charge >= 0.3 is 0 Å². The molecule has 33 heavy (non-hydrogen) atoms. The minimum atomic E-state index is -0.206. The van der Waals surface area contributed by atoms with Gasteiger partial charge in [-0.3, -0.25) is 9.59 Å². The number of aromatic nitrogens is 2. The molecular formula is C26H23Cl2N3O2. The van der Waals surface area contributed by atoms with Gasteiger partial charge in [0.15, 0.2) is 0 Å². The fraction of sp³-hybridized carbons (Fsp3) is 0.192. The normalized spacial score (nSPS) is 11.0. The third kappa shape index (κ3) is 5.81. The first kappa shape index (κ1) is 23.0. The van der Waals surface area contributed by atoms with Gasteiger partial charge in [0.05, 0.1) is 17.6 Å². The number of hydrogen-bond acceptors (Lipinski definition) is 3. The first-order valence-corrected chi connectivity index (χ1v) is 11.5. The second-order valence-corrected chi connectivity index (χ2v) is 8.60. The van der Waals surface area contributed by atoms with Crippen LogP contribution in [0.15, 0.2) is 77.6 Å². The lowest BCUT2D eigenvalue weighted by Crippen LogP contribution is -2.29. The van der Waals surface area contributed by atoms with Crippen molar-refractivity contribution in [3.05, 3.63) is 110 Å². The Morgan fingerprint density at radius 2 is 1.64 bits per heavy atom. The van der Waals surface area contributed by atoms with Crippen LogP contribution in [0.25, 0.3) is 11.0 Å². The predicted octanol–water partition coefficient (Wildman–Crippen LogP) is 5.04. The molecule has 5 nitrogen and oxygen atoms in total. The Kier molecular flexibility index (Phi) is 7.43. The summed E-state index contributed by atoms with van der Waals surface area (Å²) in [5.41, 5.74) is 3.55. The molecule has 1 heterocycles. The van der Waals surface area contributed by atoms with Crippen LogP contribution < -0.4 is 10.9 Å². The number of para-hydroxylation sites is 2. The van der Waals surface area contributed by atoms with Gasteiger partial charge in [0.2, 0.25) is 5.91 Å². The second kappa shape index (κ2) is 10.6. The maximum absolute atomic E-state index is 13.3. The number of halogens is 2. The first-order chi connectivity index (χ1) is 16.0. The standard InChI is InChI=1S/C26H23Cl2N3O2/c27-20-11-9-18(10-12-20)15-16-29-25(32)14-13-23-26(33)31(17-19-5-1-2-6-21(19)28)24-8-4-3-7-22(24)30-23/h1-12H,13-17H2,(H,29,32). The molecule has 1 N–H and O–H groups in total. The summed E-state index contributed by atoms with van der Waals surface area (Å²) in [6, 6.07) is 22.5. The van der Waals surface area contributed by atoms with Crippen LogP contribution in [0, 0.1) is 0 Å². The lowest BCUT2D eigenvalue weighted by atomic mass is 10.1. The van der Waals surface area contributed by atoms with E-state index in [0.29, 0.717) is 40.8 Å². The summed E-state index contributed by atoms with van der Waals surface area (Å²) in [5.74, 6) is -0.115. The Balaban J connectivity index is 1.46. The molecular weight excluding hydrogens is 457 g/mol. The van der Waals surface area contributed by atoms with E-state index >= 15 is 0 Å². The van der Waals surface area contributed by atoms with E-state index in [1.54, 1.807) is 10.6 Å². The maximum Gasteiger partial charge on any atom is 0.273 e. The fourth-order valence-corrected chi connectivity index (χ4v) is 4.00.